The second kappa shape index (κ2) is 7.24. The zero-order chi connectivity index (χ0) is 13.5. The molecule has 0 spiro atoms. The lowest BCUT2D eigenvalue weighted by Crippen LogP contribution is -2.37. The van der Waals surface area contributed by atoms with Crippen LogP contribution in [0.25, 0.3) is 0 Å². The number of hydrogen-bond donors (Lipinski definition) is 0. The van der Waals surface area contributed by atoms with Crippen LogP contribution in [0.15, 0.2) is 24.3 Å². The molecule has 0 heterocycles. The number of esters is 1. The van der Waals surface area contributed by atoms with E-state index >= 15 is 0 Å². The Morgan fingerprint density at radius 3 is 2.39 bits per heavy atom. The minimum atomic E-state index is -0.481. The van der Waals surface area contributed by atoms with Crippen molar-refractivity contribution >= 4 is 40.8 Å². The van der Waals surface area contributed by atoms with Gasteiger partial charge in [-0.25, -0.2) is 0 Å². The molecule has 6 heteroatoms. The second-order valence-corrected chi connectivity index (χ2v) is 4.10. The first-order valence-corrected chi connectivity index (χ1v) is 6.27. The van der Waals surface area contributed by atoms with Crippen molar-refractivity contribution in [3.63, 3.8) is 0 Å². The number of halogens is 2. The molecule has 0 saturated carbocycles. The van der Waals surface area contributed by atoms with E-state index in [4.69, 9.17) is 27.9 Å². The predicted octanol–water partition coefficient (Wildman–Crippen LogP) is 2.47. The summed E-state index contributed by atoms with van der Waals surface area (Å²) in [4.78, 5) is 24.4. The molecule has 98 valence electrons. The molecule has 0 unspecified atom stereocenters. The minimum absolute atomic E-state index is 0.166. The van der Waals surface area contributed by atoms with Crippen molar-refractivity contribution in [3.8, 4) is 0 Å². The number of carbonyl (C=O) groups excluding carboxylic acids is 2. The predicted molar refractivity (Wildman–Crippen MR) is 71.2 cm³/mol. The molecule has 0 bridgehead atoms. The highest BCUT2D eigenvalue weighted by molar-refractivity contribution is 6.31. The maximum absolute atomic E-state index is 11.7. The summed E-state index contributed by atoms with van der Waals surface area (Å²) in [6.07, 6.45) is 0. The number of anilines is 1. The van der Waals surface area contributed by atoms with Crippen LogP contribution in [0.5, 0.6) is 0 Å². The third-order valence-corrected chi connectivity index (χ3v) is 2.63. The Kier molecular flexibility index (Phi) is 5.95. The highest BCUT2D eigenvalue weighted by Gasteiger charge is 2.18. The van der Waals surface area contributed by atoms with Crippen LogP contribution in [0.3, 0.4) is 0 Å². The topological polar surface area (TPSA) is 46.6 Å². The molecule has 1 amide bonds. The number of carbonyl (C=O) groups is 2. The van der Waals surface area contributed by atoms with Crippen molar-refractivity contribution in [1.82, 2.24) is 0 Å². The van der Waals surface area contributed by atoms with Crippen LogP contribution >= 0.6 is 23.2 Å². The van der Waals surface area contributed by atoms with E-state index in [2.05, 4.69) is 0 Å². The fourth-order valence-electron chi connectivity index (χ4n) is 1.35. The molecule has 0 saturated heterocycles. The molecular weight excluding hydrogens is 277 g/mol. The van der Waals surface area contributed by atoms with Gasteiger partial charge in [0.1, 0.15) is 12.4 Å². The highest BCUT2D eigenvalue weighted by Crippen LogP contribution is 2.18. The lowest BCUT2D eigenvalue weighted by molar-refractivity contribution is -0.142. The summed E-state index contributed by atoms with van der Waals surface area (Å²) in [7, 11) is 0. The second-order valence-electron chi connectivity index (χ2n) is 3.39. The summed E-state index contributed by atoms with van der Waals surface area (Å²) in [6, 6.07) is 6.56. The first-order valence-electron chi connectivity index (χ1n) is 5.36. The van der Waals surface area contributed by atoms with E-state index in [1.807, 2.05) is 0 Å². The van der Waals surface area contributed by atoms with Crippen LogP contribution in [-0.2, 0) is 14.3 Å². The molecule has 0 radical (unpaired) electrons. The molecule has 1 aromatic carbocycles. The monoisotopic (exact) mass is 289 g/mol. The van der Waals surface area contributed by atoms with Gasteiger partial charge in [-0.2, -0.15) is 0 Å². The lowest BCUT2D eigenvalue weighted by atomic mass is 10.3. The smallest absolute Gasteiger partial charge is 0.326 e. The van der Waals surface area contributed by atoms with E-state index in [9.17, 15) is 9.59 Å². The van der Waals surface area contributed by atoms with Gasteiger partial charge in [-0.1, -0.05) is 11.6 Å². The lowest BCUT2D eigenvalue weighted by Gasteiger charge is -2.20. The molecule has 0 aromatic heterocycles. The van der Waals surface area contributed by atoms with Crippen molar-refractivity contribution in [2.75, 3.05) is 23.9 Å². The molecule has 0 atom stereocenters. The standard InChI is InChI=1S/C12H13Cl2NO3/c1-2-18-12(17)8-15(11(16)7-13)10-5-3-9(14)4-6-10/h3-6H,2,7-8H2,1H3. The van der Waals surface area contributed by atoms with Gasteiger partial charge in [-0.05, 0) is 31.2 Å². The van der Waals surface area contributed by atoms with Crippen molar-refractivity contribution in [2.24, 2.45) is 0 Å². The van der Waals surface area contributed by atoms with Gasteiger partial charge < -0.3 is 9.64 Å². The van der Waals surface area contributed by atoms with Crippen LogP contribution in [0.4, 0.5) is 5.69 Å². The summed E-state index contributed by atoms with van der Waals surface area (Å²) in [5.41, 5.74) is 0.554. The zero-order valence-corrected chi connectivity index (χ0v) is 11.4. The number of hydrogen-bond acceptors (Lipinski definition) is 3. The molecule has 1 rings (SSSR count). The number of ether oxygens (including phenoxy) is 1. The fraction of sp³-hybridized carbons (Fsp3) is 0.333. The largest absolute Gasteiger partial charge is 0.465 e. The zero-order valence-electron chi connectivity index (χ0n) is 9.86. The molecule has 0 aliphatic rings. The van der Waals surface area contributed by atoms with Gasteiger partial charge in [0.05, 0.1) is 6.61 Å². The SMILES string of the molecule is CCOC(=O)CN(C(=O)CCl)c1ccc(Cl)cc1. The maximum Gasteiger partial charge on any atom is 0.326 e. The van der Waals surface area contributed by atoms with E-state index in [0.717, 1.165) is 0 Å². The van der Waals surface area contributed by atoms with E-state index in [-0.39, 0.29) is 24.9 Å². The summed E-state index contributed by atoms with van der Waals surface area (Å²) in [5, 5.41) is 0.549. The van der Waals surface area contributed by atoms with Crippen LogP contribution in [0.2, 0.25) is 5.02 Å². The Bertz CT molecular complexity index is 420. The molecular formula is C12H13Cl2NO3. The summed E-state index contributed by atoms with van der Waals surface area (Å²) >= 11 is 11.3. The van der Waals surface area contributed by atoms with E-state index in [1.54, 1.807) is 31.2 Å². The van der Waals surface area contributed by atoms with Gasteiger partial charge in [-0.3, -0.25) is 9.59 Å². The first kappa shape index (κ1) is 14.8. The molecule has 4 nitrogen and oxygen atoms in total. The van der Waals surface area contributed by atoms with Gasteiger partial charge >= 0.3 is 5.97 Å². The first-order chi connectivity index (χ1) is 8.58. The van der Waals surface area contributed by atoms with Crippen LogP contribution in [0, 0.1) is 0 Å². The Morgan fingerprint density at radius 2 is 1.89 bits per heavy atom. The Balaban J connectivity index is 2.88. The molecule has 1 aromatic rings. The van der Waals surface area contributed by atoms with Gasteiger partial charge in [-0.15, -0.1) is 11.6 Å². The Hall–Kier alpha value is -1.26. The van der Waals surface area contributed by atoms with Gasteiger partial charge in [0.15, 0.2) is 0 Å². The van der Waals surface area contributed by atoms with Gasteiger partial charge in [0.2, 0.25) is 5.91 Å². The van der Waals surface area contributed by atoms with E-state index in [0.29, 0.717) is 10.7 Å². The molecule has 0 aliphatic carbocycles. The normalized spacial score (nSPS) is 9.94. The maximum atomic E-state index is 11.7. The van der Waals surface area contributed by atoms with Crippen LogP contribution in [0.1, 0.15) is 6.92 Å². The van der Waals surface area contributed by atoms with Crippen molar-refractivity contribution in [3.05, 3.63) is 29.3 Å². The average molecular weight is 290 g/mol. The van der Waals surface area contributed by atoms with Crippen LogP contribution in [-0.4, -0.2) is 30.9 Å². The number of nitrogens with zero attached hydrogens (tertiary/aromatic N) is 1. The van der Waals surface area contributed by atoms with Gasteiger partial charge in [0.25, 0.3) is 0 Å². The Morgan fingerprint density at radius 1 is 1.28 bits per heavy atom. The summed E-state index contributed by atoms with van der Waals surface area (Å²) in [5.74, 6) is -1.06. The number of rotatable bonds is 5. The van der Waals surface area contributed by atoms with Crippen LogP contribution < -0.4 is 4.90 Å². The third kappa shape index (κ3) is 4.20. The molecule has 0 N–H and O–H groups in total. The minimum Gasteiger partial charge on any atom is -0.465 e. The highest BCUT2D eigenvalue weighted by atomic mass is 35.5. The number of amides is 1. The average Bonchev–Trinajstić information content (AvgIpc) is 2.36. The molecule has 0 fully saturated rings. The van der Waals surface area contributed by atoms with Gasteiger partial charge in [0, 0.05) is 10.7 Å². The number of benzene rings is 1. The molecule has 18 heavy (non-hydrogen) atoms. The fourth-order valence-corrected chi connectivity index (χ4v) is 1.62. The van der Waals surface area contributed by atoms with E-state index < -0.39 is 5.97 Å². The van der Waals surface area contributed by atoms with Crippen molar-refractivity contribution in [1.29, 1.82) is 0 Å². The summed E-state index contributed by atoms with van der Waals surface area (Å²) < 4.78 is 4.81. The molecule has 0 aliphatic heterocycles. The van der Waals surface area contributed by atoms with E-state index in [1.165, 1.54) is 4.90 Å². The van der Waals surface area contributed by atoms with Crippen molar-refractivity contribution < 1.29 is 14.3 Å². The summed E-state index contributed by atoms with van der Waals surface area (Å²) in [6.45, 7) is 1.80. The Labute approximate surface area is 115 Å². The van der Waals surface area contributed by atoms with Crippen molar-refractivity contribution in [2.45, 2.75) is 6.92 Å². The number of alkyl halides is 1. The third-order valence-electron chi connectivity index (χ3n) is 2.15. The quantitative estimate of drug-likeness (QED) is 0.618.